The minimum atomic E-state index is -5.68. The number of nitrogens with one attached hydrogen (secondary N) is 1. The van der Waals surface area contributed by atoms with Crippen molar-refractivity contribution in [3.05, 3.63) is 57.5 Å². The monoisotopic (exact) mass is 813 g/mol. The highest BCUT2D eigenvalue weighted by Crippen LogP contribution is 2.66. The molecule has 21 nitrogen and oxygen atoms in total. The third-order valence-corrected chi connectivity index (χ3v) is 12.5. The van der Waals surface area contributed by atoms with E-state index in [9.17, 15) is 33.6 Å². The normalized spacial score (nSPS) is 24.8. The summed E-state index contributed by atoms with van der Waals surface area (Å²) in [5.41, 5.74) is 6.18. The summed E-state index contributed by atoms with van der Waals surface area (Å²) in [6.07, 6.45) is -1.97. The molecule has 0 spiro atoms. The number of hydrogen-bond donors (Lipinski definition) is 7. The van der Waals surface area contributed by atoms with E-state index in [-0.39, 0.29) is 34.9 Å². The van der Waals surface area contributed by atoms with Crippen LogP contribution in [-0.2, 0) is 48.4 Å². The third kappa shape index (κ3) is 7.55. The van der Waals surface area contributed by atoms with Crippen LogP contribution in [0.5, 0.6) is 0 Å². The van der Waals surface area contributed by atoms with Crippen LogP contribution >= 0.6 is 22.4 Å². The van der Waals surface area contributed by atoms with Crippen LogP contribution in [0.15, 0.2) is 35.0 Å². The standard InChI is InChI=1S/C24H29BF2N7O14P3S/c1-11-7-12(2)33-15(11)8-14-4-3-13(34(14)25(33,26)27)5-6-17(35)46-20-19(36)16(9-44-49(38,39)47-50(40,41)48-51(42,43)52)45-23(20)32-10-29-18-21(32)30-24(28)31-22(18)37/h3-4,7-8,10,16,19-20,23,36H,5-6,9H2,1-2H3,(H,38,39)(H,40,41)(H2,42,43,52)(H3,28,30,31,37)/t16-,19-,20-,23-/m1/s1. The first-order chi connectivity index (χ1) is 24.1. The number of ether oxygens (including phenoxy) is 2. The summed E-state index contributed by atoms with van der Waals surface area (Å²) in [5, 5.41) is 11.2. The highest BCUT2D eigenvalue weighted by Gasteiger charge is 2.53. The lowest BCUT2D eigenvalue weighted by Crippen LogP contribution is -2.50. The number of allylic oxidation sites excluding steroid dienone is 2. The molecule has 3 aliphatic rings. The minimum Gasteiger partial charge on any atom is -0.455 e. The van der Waals surface area contributed by atoms with Gasteiger partial charge in [-0.15, -0.1) is 0 Å². The Morgan fingerprint density at radius 2 is 1.90 bits per heavy atom. The molecule has 0 aliphatic carbocycles. The van der Waals surface area contributed by atoms with Crippen LogP contribution in [0, 0.1) is 13.8 Å². The molecule has 282 valence electrons. The average molecular weight is 813 g/mol. The number of H-pyrrole nitrogens is 1. The molecule has 2 unspecified atom stereocenters. The van der Waals surface area contributed by atoms with E-state index in [0.29, 0.717) is 17.0 Å². The molecule has 6 heterocycles. The molecule has 8 N–H and O–H groups in total. The molecule has 0 radical (unpaired) electrons. The molecule has 1 fully saturated rings. The molecule has 3 aromatic rings. The van der Waals surface area contributed by atoms with Gasteiger partial charge in [0.1, 0.15) is 17.9 Å². The van der Waals surface area contributed by atoms with Gasteiger partial charge in [-0.05, 0) is 43.0 Å². The van der Waals surface area contributed by atoms with E-state index in [1.807, 2.05) is 0 Å². The van der Waals surface area contributed by atoms with Gasteiger partial charge >= 0.3 is 35.3 Å². The smallest absolute Gasteiger partial charge is 0.455 e. The van der Waals surface area contributed by atoms with E-state index in [0.717, 1.165) is 19.9 Å². The number of aromatic amines is 1. The number of halogens is 2. The number of nitrogens with zero attached hydrogens (tertiary/aromatic N) is 5. The number of aliphatic hydroxyl groups excluding tert-OH is 1. The first-order valence-electron chi connectivity index (χ1n) is 14.9. The number of phosphoric ester groups is 1. The second-order valence-electron chi connectivity index (χ2n) is 11.7. The summed E-state index contributed by atoms with van der Waals surface area (Å²) in [6, 6.07) is 1.64. The maximum atomic E-state index is 15.9. The Labute approximate surface area is 295 Å². The van der Waals surface area contributed by atoms with Gasteiger partial charge in [0.05, 0.1) is 19.4 Å². The first kappa shape index (κ1) is 38.4. The fourth-order valence-corrected chi connectivity index (χ4v) is 9.93. The number of nitrogens with two attached hydrogens (primary N) is 1. The average Bonchev–Trinajstić information content (AvgIpc) is 3.74. The number of esters is 1. The number of anilines is 1. The van der Waals surface area contributed by atoms with Crippen molar-refractivity contribution in [2.24, 2.45) is 0 Å². The van der Waals surface area contributed by atoms with Gasteiger partial charge < -0.3 is 57.5 Å². The fraction of sp³-hybridized carbons (Fsp3) is 0.375. The maximum Gasteiger partial charge on any atom is 0.737 e. The summed E-state index contributed by atoms with van der Waals surface area (Å²) < 4.78 is 82.6. The number of imidazole rings is 1. The molecule has 1 saturated heterocycles. The SMILES string of the molecule is Cc1cc(C)n2c1C=C1C=CC(CCC(=O)O[C@@H]3[C@H](O)[C@@H](COP(=O)(O)OP(=O)(O)OP(O)(O)=S)O[C@H]3n3cnc4c(=O)[nH]c(N)nc43)=[N+]1[B-]2(F)F. The Kier molecular flexibility index (Phi) is 10.0. The molecule has 6 atom stereocenters. The summed E-state index contributed by atoms with van der Waals surface area (Å²) in [7, 11) is -11.3. The number of aliphatic hydroxyl groups is 1. The van der Waals surface area contributed by atoms with Crippen molar-refractivity contribution >= 4 is 76.0 Å². The van der Waals surface area contributed by atoms with Gasteiger partial charge in [0.2, 0.25) is 5.95 Å². The zero-order chi connectivity index (χ0) is 38.1. The van der Waals surface area contributed by atoms with Crippen LogP contribution in [0.4, 0.5) is 14.6 Å². The lowest BCUT2D eigenvalue weighted by Gasteiger charge is -2.30. The summed E-state index contributed by atoms with van der Waals surface area (Å²) in [5.74, 6) is -1.35. The molecule has 0 aromatic carbocycles. The number of phosphoric acid groups is 2. The van der Waals surface area contributed by atoms with Crippen LogP contribution < -0.4 is 11.3 Å². The maximum absolute atomic E-state index is 15.9. The number of fused-ring (bicyclic) bond motifs is 3. The Bertz CT molecular complexity index is 2290. The number of hydrogen-bond acceptors (Lipinski definition) is 14. The van der Waals surface area contributed by atoms with Crippen molar-refractivity contribution in [1.29, 1.82) is 0 Å². The molecule has 0 amide bonds. The molecular weight excluding hydrogens is 784 g/mol. The van der Waals surface area contributed by atoms with E-state index in [1.54, 1.807) is 26.0 Å². The Hall–Kier alpha value is -3.28. The van der Waals surface area contributed by atoms with Crippen LogP contribution in [-0.4, -0.2) is 96.7 Å². The number of carbonyl (C=O) groups excluding carboxylic acids is 1. The molecule has 3 aromatic heterocycles. The van der Waals surface area contributed by atoms with E-state index >= 15 is 8.63 Å². The van der Waals surface area contributed by atoms with Gasteiger partial charge in [0, 0.05) is 30.3 Å². The zero-order valence-electron chi connectivity index (χ0n) is 26.6. The molecule has 6 rings (SSSR count). The van der Waals surface area contributed by atoms with Gasteiger partial charge in [-0.1, -0.05) is 0 Å². The van der Waals surface area contributed by atoms with Crippen LogP contribution in [0.1, 0.15) is 36.0 Å². The number of carbonyl (C=O) groups is 1. The van der Waals surface area contributed by atoms with Gasteiger partial charge in [0.25, 0.3) is 5.56 Å². The Morgan fingerprint density at radius 3 is 2.60 bits per heavy atom. The molecule has 28 heteroatoms. The van der Waals surface area contributed by atoms with Gasteiger partial charge in [-0.3, -0.25) is 23.7 Å². The molecule has 3 aliphatic heterocycles. The van der Waals surface area contributed by atoms with Crippen molar-refractivity contribution in [1.82, 2.24) is 24.0 Å². The van der Waals surface area contributed by atoms with Crippen molar-refractivity contribution in [3.63, 3.8) is 0 Å². The van der Waals surface area contributed by atoms with Gasteiger partial charge in [-0.2, -0.15) is 9.29 Å². The lowest BCUT2D eigenvalue weighted by atomic mass is 9.90. The summed E-state index contributed by atoms with van der Waals surface area (Å²) >= 11 is 4.04. The second-order valence-corrected chi connectivity index (χ2v) is 17.6. The summed E-state index contributed by atoms with van der Waals surface area (Å²) in [6.45, 7) is -6.99. The summed E-state index contributed by atoms with van der Waals surface area (Å²) in [4.78, 5) is 73.5. The van der Waals surface area contributed by atoms with E-state index < -0.39 is 78.4 Å². The quantitative estimate of drug-likeness (QED) is 0.0757. The van der Waals surface area contributed by atoms with Crippen LogP contribution in [0.25, 0.3) is 17.2 Å². The molecule has 0 bridgehead atoms. The third-order valence-electron chi connectivity index (χ3n) is 8.12. The highest BCUT2D eigenvalue weighted by atomic mass is 32.5. The molecule has 0 saturated carbocycles. The second kappa shape index (κ2) is 13.5. The molecule has 52 heavy (non-hydrogen) atoms. The van der Waals surface area contributed by atoms with E-state index in [1.165, 1.54) is 12.2 Å². The topological polar surface area (TPSA) is 296 Å². The Morgan fingerprint density at radius 1 is 1.19 bits per heavy atom. The van der Waals surface area contributed by atoms with Crippen molar-refractivity contribution in [2.45, 2.75) is 51.2 Å². The predicted octanol–water partition coefficient (Wildman–Crippen LogP) is 0.831. The van der Waals surface area contributed by atoms with E-state index in [2.05, 4.69) is 39.9 Å². The lowest BCUT2D eigenvalue weighted by molar-refractivity contribution is -0.362. The number of nitrogen functional groups attached to an aromatic ring is 1. The fourth-order valence-electron chi connectivity index (χ4n) is 6.14. The first-order valence-corrected chi connectivity index (χ1v) is 20.5. The predicted molar refractivity (Wildman–Crippen MR) is 178 cm³/mol. The minimum absolute atomic E-state index is 0.108. The van der Waals surface area contributed by atoms with Crippen molar-refractivity contribution in [3.8, 4) is 0 Å². The van der Waals surface area contributed by atoms with Crippen molar-refractivity contribution in [2.75, 3.05) is 12.3 Å². The van der Waals surface area contributed by atoms with Crippen LogP contribution in [0.3, 0.4) is 0 Å². The Balaban J connectivity index is 1.22. The van der Waals surface area contributed by atoms with Crippen molar-refractivity contribution < 1.29 is 74.3 Å². The highest BCUT2D eigenvalue weighted by molar-refractivity contribution is 8.08. The zero-order valence-corrected chi connectivity index (χ0v) is 30.1. The van der Waals surface area contributed by atoms with Gasteiger partial charge in [-0.25, -0.2) is 18.4 Å². The number of rotatable bonds is 12. The number of aryl methyl sites for hydroxylation is 2. The molecular formula is C24H29BF2N7O14P3S. The number of aromatic nitrogens is 5. The largest absolute Gasteiger partial charge is 0.737 e. The van der Waals surface area contributed by atoms with Crippen LogP contribution in [0.2, 0.25) is 0 Å². The van der Waals surface area contributed by atoms with Gasteiger partial charge in [0.15, 0.2) is 29.2 Å². The van der Waals surface area contributed by atoms with E-state index in [4.69, 9.17) is 25.0 Å².